The van der Waals surface area contributed by atoms with Crippen molar-refractivity contribution in [2.45, 2.75) is 53.6 Å². The standard InChI is InChI=1S/C14H27N3/c1-12(2)6-7-16-13(14(3,4)5)10-17-9-8-15-11-17/h8-9,11-13,16H,6-7,10H2,1-5H3. The highest BCUT2D eigenvalue weighted by atomic mass is 15.1. The molecular weight excluding hydrogens is 210 g/mol. The van der Waals surface area contributed by atoms with Gasteiger partial charge in [0.1, 0.15) is 0 Å². The zero-order valence-electron chi connectivity index (χ0n) is 11.9. The van der Waals surface area contributed by atoms with Gasteiger partial charge >= 0.3 is 0 Å². The molecule has 0 aromatic carbocycles. The Morgan fingerprint density at radius 3 is 2.47 bits per heavy atom. The molecule has 0 radical (unpaired) electrons. The smallest absolute Gasteiger partial charge is 0.0946 e. The fourth-order valence-corrected chi connectivity index (χ4v) is 1.80. The van der Waals surface area contributed by atoms with E-state index in [4.69, 9.17) is 0 Å². The number of aromatic nitrogens is 2. The zero-order valence-corrected chi connectivity index (χ0v) is 11.9. The maximum absolute atomic E-state index is 4.10. The van der Waals surface area contributed by atoms with Crippen LogP contribution in [-0.4, -0.2) is 22.1 Å². The molecule has 3 nitrogen and oxygen atoms in total. The molecule has 98 valence electrons. The van der Waals surface area contributed by atoms with Crippen molar-refractivity contribution >= 4 is 0 Å². The predicted molar refractivity (Wildman–Crippen MR) is 72.9 cm³/mol. The summed E-state index contributed by atoms with van der Waals surface area (Å²) < 4.78 is 2.15. The fourth-order valence-electron chi connectivity index (χ4n) is 1.80. The Kier molecular flexibility index (Phi) is 5.19. The van der Waals surface area contributed by atoms with Crippen LogP contribution in [0.4, 0.5) is 0 Å². The van der Waals surface area contributed by atoms with E-state index in [9.17, 15) is 0 Å². The van der Waals surface area contributed by atoms with Crippen LogP contribution in [0.25, 0.3) is 0 Å². The molecule has 0 spiro atoms. The monoisotopic (exact) mass is 237 g/mol. The lowest BCUT2D eigenvalue weighted by molar-refractivity contribution is 0.238. The molecule has 0 aliphatic heterocycles. The Morgan fingerprint density at radius 2 is 2.00 bits per heavy atom. The van der Waals surface area contributed by atoms with E-state index in [-0.39, 0.29) is 5.41 Å². The molecule has 1 N–H and O–H groups in total. The minimum atomic E-state index is 0.265. The minimum absolute atomic E-state index is 0.265. The second-order valence-corrected chi connectivity index (χ2v) is 6.31. The predicted octanol–water partition coefficient (Wildman–Crippen LogP) is 2.93. The molecule has 17 heavy (non-hydrogen) atoms. The third-order valence-electron chi connectivity index (χ3n) is 3.11. The molecule has 3 heteroatoms. The van der Waals surface area contributed by atoms with Gasteiger partial charge in [-0.05, 0) is 24.3 Å². The van der Waals surface area contributed by atoms with Gasteiger partial charge in [-0.3, -0.25) is 0 Å². The van der Waals surface area contributed by atoms with Gasteiger partial charge in [0.05, 0.1) is 6.33 Å². The van der Waals surface area contributed by atoms with E-state index in [1.54, 1.807) is 0 Å². The molecule has 1 heterocycles. The van der Waals surface area contributed by atoms with Crippen LogP contribution in [0.15, 0.2) is 18.7 Å². The normalized spacial score (nSPS) is 14.2. The third kappa shape index (κ3) is 5.35. The summed E-state index contributed by atoms with van der Waals surface area (Å²) in [5.74, 6) is 0.761. The summed E-state index contributed by atoms with van der Waals surface area (Å²) in [5, 5.41) is 3.68. The first kappa shape index (κ1) is 14.2. The van der Waals surface area contributed by atoms with E-state index in [1.165, 1.54) is 6.42 Å². The Hall–Kier alpha value is -0.830. The lowest BCUT2D eigenvalue weighted by Crippen LogP contribution is -2.43. The lowest BCUT2D eigenvalue weighted by Gasteiger charge is -2.32. The van der Waals surface area contributed by atoms with Gasteiger partial charge in [-0.15, -0.1) is 0 Å². The molecule has 1 rings (SSSR count). The van der Waals surface area contributed by atoms with Gasteiger partial charge in [-0.2, -0.15) is 0 Å². The van der Waals surface area contributed by atoms with E-state index >= 15 is 0 Å². The first-order valence-corrected chi connectivity index (χ1v) is 6.58. The van der Waals surface area contributed by atoms with Gasteiger partial charge in [0.2, 0.25) is 0 Å². The summed E-state index contributed by atoms with van der Waals surface area (Å²) in [6.07, 6.45) is 7.00. The number of imidazole rings is 1. The van der Waals surface area contributed by atoms with Gasteiger partial charge in [-0.25, -0.2) is 4.98 Å². The number of hydrogen-bond donors (Lipinski definition) is 1. The van der Waals surface area contributed by atoms with Gasteiger partial charge in [0.25, 0.3) is 0 Å². The second kappa shape index (κ2) is 6.20. The molecule has 0 saturated carbocycles. The van der Waals surface area contributed by atoms with E-state index in [0.29, 0.717) is 6.04 Å². The molecule has 0 fully saturated rings. The minimum Gasteiger partial charge on any atom is -0.336 e. The highest BCUT2D eigenvalue weighted by molar-refractivity contribution is 4.84. The third-order valence-corrected chi connectivity index (χ3v) is 3.11. The Labute approximate surface area is 106 Å². The van der Waals surface area contributed by atoms with Crippen LogP contribution >= 0.6 is 0 Å². The van der Waals surface area contributed by atoms with E-state index < -0.39 is 0 Å². The summed E-state index contributed by atoms with van der Waals surface area (Å²) >= 11 is 0. The maximum atomic E-state index is 4.10. The van der Waals surface area contributed by atoms with Crippen LogP contribution in [0, 0.1) is 11.3 Å². The van der Waals surface area contributed by atoms with Crippen LogP contribution in [-0.2, 0) is 6.54 Å². The van der Waals surface area contributed by atoms with Crippen molar-refractivity contribution in [3.63, 3.8) is 0 Å². The van der Waals surface area contributed by atoms with Crippen LogP contribution in [0.3, 0.4) is 0 Å². The van der Waals surface area contributed by atoms with Crippen LogP contribution in [0.2, 0.25) is 0 Å². The van der Waals surface area contributed by atoms with Gasteiger partial charge in [-0.1, -0.05) is 34.6 Å². The van der Waals surface area contributed by atoms with Crippen molar-refractivity contribution in [2.24, 2.45) is 11.3 Å². The van der Waals surface area contributed by atoms with Crippen molar-refractivity contribution in [1.29, 1.82) is 0 Å². The van der Waals surface area contributed by atoms with Crippen molar-refractivity contribution in [1.82, 2.24) is 14.9 Å². The van der Waals surface area contributed by atoms with E-state index in [2.05, 4.69) is 49.5 Å². The second-order valence-electron chi connectivity index (χ2n) is 6.31. The average Bonchev–Trinajstić information content (AvgIpc) is 2.66. The largest absolute Gasteiger partial charge is 0.336 e. The molecule has 1 aromatic rings. The van der Waals surface area contributed by atoms with Crippen molar-refractivity contribution in [2.75, 3.05) is 6.54 Å². The average molecular weight is 237 g/mol. The summed E-state index contributed by atoms with van der Waals surface area (Å²) in [7, 11) is 0. The highest BCUT2D eigenvalue weighted by Crippen LogP contribution is 2.20. The molecule has 1 atom stereocenters. The molecule has 0 bridgehead atoms. The SMILES string of the molecule is CC(C)CCNC(Cn1ccnc1)C(C)(C)C. The molecule has 0 aliphatic rings. The van der Waals surface area contributed by atoms with Gasteiger partial charge in [0, 0.05) is 25.0 Å². The molecular formula is C14H27N3. The van der Waals surface area contributed by atoms with E-state index in [1.807, 2.05) is 18.7 Å². The molecule has 1 unspecified atom stereocenters. The quantitative estimate of drug-likeness (QED) is 0.824. The van der Waals surface area contributed by atoms with Crippen LogP contribution in [0.5, 0.6) is 0 Å². The molecule has 0 aliphatic carbocycles. The molecule has 0 amide bonds. The van der Waals surface area contributed by atoms with Crippen LogP contribution < -0.4 is 5.32 Å². The van der Waals surface area contributed by atoms with Crippen molar-refractivity contribution < 1.29 is 0 Å². The number of nitrogens with one attached hydrogen (secondary N) is 1. The zero-order chi connectivity index (χ0) is 12.9. The Morgan fingerprint density at radius 1 is 1.29 bits per heavy atom. The summed E-state index contributed by atoms with van der Waals surface area (Å²) in [5.41, 5.74) is 0.265. The topological polar surface area (TPSA) is 29.9 Å². The molecule has 0 saturated heterocycles. The van der Waals surface area contributed by atoms with Crippen LogP contribution in [0.1, 0.15) is 41.0 Å². The first-order chi connectivity index (χ1) is 7.89. The number of hydrogen-bond acceptors (Lipinski definition) is 2. The van der Waals surface area contributed by atoms with Gasteiger partial charge in [0.15, 0.2) is 0 Å². The first-order valence-electron chi connectivity index (χ1n) is 6.58. The maximum Gasteiger partial charge on any atom is 0.0946 e. The summed E-state index contributed by atoms with van der Waals surface area (Å²) in [6.45, 7) is 13.5. The fraction of sp³-hybridized carbons (Fsp3) is 0.786. The Bertz CT molecular complexity index is 296. The number of rotatable bonds is 6. The molecule has 1 aromatic heterocycles. The number of nitrogens with zero attached hydrogens (tertiary/aromatic N) is 2. The highest BCUT2D eigenvalue weighted by Gasteiger charge is 2.24. The van der Waals surface area contributed by atoms with Gasteiger partial charge < -0.3 is 9.88 Å². The van der Waals surface area contributed by atoms with Crippen molar-refractivity contribution in [3.05, 3.63) is 18.7 Å². The van der Waals surface area contributed by atoms with Crippen molar-refractivity contribution in [3.8, 4) is 0 Å². The Balaban J connectivity index is 2.50. The van der Waals surface area contributed by atoms with E-state index in [0.717, 1.165) is 19.0 Å². The summed E-state index contributed by atoms with van der Waals surface area (Å²) in [4.78, 5) is 4.10. The summed E-state index contributed by atoms with van der Waals surface area (Å²) in [6, 6.07) is 0.482. The lowest BCUT2D eigenvalue weighted by atomic mass is 9.86.